The summed E-state index contributed by atoms with van der Waals surface area (Å²) in [4.78, 5) is 24.0. The molecular weight excluding hydrogens is 228 g/mol. The highest BCUT2D eigenvalue weighted by Crippen LogP contribution is 2.25. The first-order valence-electron chi connectivity index (χ1n) is 6.52. The Bertz CT molecular complexity index is 434. The molecule has 1 atom stereocenters. The molecule has 96 valence electrons. The third-order valence-electron chi connectivity index (χ3n) is 3.32. The second-order valence-electron chi connectivity index (χ2n) is 4.59. The van der Waals surface area contributed by atoms with Crippen molar-refractivity contribution in [2.75, 3.05) is 6.61 Å². The summed E-state index contributed by atoms with van der Waals surface area (Å²) in [6, 6.07) is 7.05. The van der Waals surface area contributed by atoms with Crippen molar-refractivity contribution < 1.29 is 14.3 Å². The highest BCUT2D eigenvalue weighted by atomic mass is 16.5. The molecule has 0 aliphatic heterocycles. The summed E-state index contributed by atoms with van der Waals surface area (Å²) >= 11 is 0. The van der Waals surface area contributed by atoms with Gasteiger partial charge in [0.15, 0.2) is 5.78 Å². The summed E-state index contributed by atoms with van der Waals surface area (Å²) in [5, 5.41) is 0. The zero-order valence-electron chi connectivity index (χ0n) is 10.6. The van der Waals surface area contributed by atoms with Crippen molar-refractivity contribution in [1.29, 1.82) is 0 Å². The molecule has 1 fully saturated rings. The molecule has 0 bridgehead atoms. The van der Waals surface area contributed by atoms with Crippen LogP contribution in [-0.4, -0.2) is 18.2 Å². The Labute approximate surface area is 107 Å². The van der Waals surface area contributed by atoms with Gasteiger partial charge in [-0.2, -0.15) is 0 Å². The van der Waals surface area contributed by atoms with Crippen molar-refractivity contribution in [1.82, 2.24) is 0 Å². The van der Waals surface area contributed by atoms with Crippen LogP contribution in [0.3, 0.4) is 0 Å². The van der Waals surface area contributed by atoms with Crippen LogP contribution in [0.2, 0.25) is 0 Å². The minimum absolute atomic E-state index is 0.0391. The third-order valence-corrected chi connectivity index (χ3v) is 3.32. The number of carbonyl (C=O) groups excluding carboxylic acids is 2. The Morgan fingerprint density at radius 2 is 2.00 bits per heavy atom. The van der Waals surface area contributed by atoms with Gasteiger partial charge in [0.1, 0.15) is 11.5 Å². The molecule has 0 spiro atoms. The average molecular weight is 246 g/mol. The summed E-state index contributed by atoms with van der Waals surface area (Å²) in [6.07, 6.45) is 3.14. The van der Waals surface area contributed by atoms with Crippen molar-refractivity contribution in [2.24, 2.45) is 5.92 Å². The lowest BCUT2D eigenvalue weighted by molar-refractivity contribution is -0.122. The van der Waals surface area contributed by atoms with E-state index in [2.05, 4.69) is 0 Å². The van der Waals surface area contributed by atoms with Gasteiger partial charge in [-0.15, -0.1) is 0 Å². The Kier molecular flexibility index (Phi) is 4.13. The molecule has 0 aromatic heterocycles. The average Bonchev–Trinajstić information content (AvgIpc) is 2.40. The van der Waals surface area contributed by atoms with Crippen LogP contribution in [0.1, 0.15) is 43.0 Å². The molecule has 0 heterocycles. The van der Waals surface area contributed by atoms with E-state index in [1.54, 1.807) is 24.3 Å². The number of hydrogen-bond acceptors (Lipinski definition) is 3. The van der Waals surface area contributed by atoms with E-state index in [1.807, 2.05) is 6.92 Å². The highest BCUT2D eigenvalue weighted by molar-refractivity contribution is 6.10. The van der Waals surface area contributed by atoms with E-state index in [1.165, 1.54) is 0 Å². The largest absolute Gasteiger partial charge is 0.494 e. The van der Waals surface area contributed by atoms with Crippen molar-refractivity contribution in [3.63, 3.8) is 0 Å². The van der Waals surface area contributed by atoms with E-state index in [0.717, 1.165) is 18.6 Å². The number of carbonyl (C=O) groups is 2. The lowest BCUT2D eigenvalue weighted by atomic mass is 9.83. The molecule has 1 unspecified atom stereocenters. The zero-order chi connectivity index (χ0) is 13.0. The topological polar surface area (TPSA) is 43.4 Å². The maximum absolute atomic E-state index is 12.2. The van der Waals surface area contributed by atoms with E-state index >= 15 is 0 Å². The Morgan fingerprint density at radius 1 is 1.28 bits per heavy atom. The van der Waals surface area contributed by atoms with Crippen molar-refractivity contribution in [2.45, 2.75) is 32.6 Å². The minimum atomic E-state index is -0.420. The van der Waals surface area contributed by atoms with Gasteiger partial charge in [0.05, 0.1) is 12.5 Å². The fourth-order valence-corrected chi connectivity index (χ4v) is 2.34. The van der Waals surface area contributed by atoms with E-state index in [-0.39, 0.29) is 11.6 Å². The predicted molar refractivity (Wildman–Crippen MR) is 68.9 cm³/mol. The third kappa shape index (κ3) is 2.78. The summed E-state index contributed by atoms with van der Waals surface area (Å²) in [5.41, 5.74) is 0.610. The second-order valence-corrected chi connectivity index (χ2v) is 4.59. The molecule has 1 aromatic rings. The summed E-state index contributed by atoms with van der Waals surface area (Å²) < 4.78 is 5.33. The Morgan fingerprint density at radius 3 is 2.61 bits per heavy atom. The van der Waals surface area contributed by atoms with Crippen LogP contribution in [0.5, 0.6) is 5.75 Å². The summed E-state index contributed by atoms with van der Waals surface area (Å²) in [7, 11) is 0. The SMILES string of the molecule is CCOc1ccc(C(=O)C2CCCCC2=O)cc1. The molecule has 0 saturated heterocycles. The highest BCUT2D eigenvalue weighted by Gasteiger charge is 2.29. The van der Waals surface area contributed by atoms with Crippen LogP contribution in [-0.2, 0) is 4.79 Å². The Balaban J connectivity index is 2.10. The maximum atomic E-state index is 12.2. The van der Waals surface area contributed by atoms with Gasteiger partial charge in [0, 0.05) is 12.0 Å². The number of rotatable bonds is 4. The van der Waals surface area contributed by atoms with Gasteiger partial charge < -0.3 is 4.74 Å². The van der Waals surface area contributed by atoms with Gasteiger partial charge in [0.25, 0.3) is 0 Å². The standard InChI is InChI=1S/C15H18O3/c1-2-18-12-9-7-11(8-10-12)15(17)13-5-3-4-6-14(13)16/h7-10,13H,2-6H2,1H3. The monoisotopic (exact) mass is 246 g/mol. The number of ketones is 2. The van der Waals surface area contributed by atoms with Crippen LogP contribution < -0.4 is 4.74 Å². The first-order valence-corrected chi connectivity index (χ1v) is 6.52. The fraction of sp³-hybridized carbons (Fsp3) is 0.467. The fourth-order valence-electron chi connectivity index (χ4n) is 2.34. The van der Waals surface area contributed by atoms with Crippen LogP contribution in [0, 0.1) is 5.92 Å². The molecule has 0 amide bonds. The first kappa shape index (κ1) is 12.8. The number of benzene rings is 1. The summed E-state index contributed by atoms with van der Waals surface area (Å²) in [6.45, 7) is 2.52. The molecule has 2 rings (SSSR count). The van der Waals surface area contributed by atoms with Crippen molar-refractivity contribution in [3.05, 3.63) is 29.8 Å². The molecular formula is C15H18O3. The van der Waals surface area contributed by atoms with Gasteiger partial charge in [0.2, 0.25) is 0 Å². The molecule has 3 nitrogen and oxygen atoms in total. The minimum Gasteiger partial charge on any atom is -0.494 e. The lowest BCUT2D eigenvalue weighted by Crippen LogP contribution is -2.27. The second kappa shape index (κ2) is 5.80. The summed E-state index contributed by atoms with van der Waals surface area (Å²) in [5.74, 6) is 0.392. The van der Waals surface area contributed by atoms with E-state index < -0.39 is 5.92 Å². The molecule has 1 aliphatic rings. The van der Waals surface area contributed by atoms with Gasteiger partial charge in [-0.1, -0.05) is 6.42 Å². The molecule has 3 heteroatoms. The lowest BCUT2D eigenvalue weighted by Gasteiger charge is -2.19. The zero-order valence-corrected chi connectivity index (χ0v) is 10.6. The van der Waals surface area contributed by atoms with Gasteiger partial charge in [-0.05, 0) is 44.0 Å². The molecule has 1 aromatic carbocycles. The normalized spacial score (nSPS) is 19.6. The smallest absolute Gasteiger partial charge is 0.173 e. The van der Waals surface area contributed by atoms with E-state index in [0.29, 0.717) is 25.0 Å². The number of ether oxygens (including phenoxy) is 1. The predicted octanol–water partition coefficient (Wildman–Crippen LogP) is 3.03. The first-order chi connectivity index (χ1) is 8.72. The van der Waals surface area contributed by atoms with Gasteiger partial charge in [-0.25, -0.2) is 0 Å². The van der Waals surface area contributed by atoms with Crippen molar-refractivity contribution in [3.8, 4) is 5.75 Å². The van der Waals surface area contributed by atoms with E-state index in [9.17, 15) is 9.59 Å². The number of hydrogen-bond donors (Lipinski definition) is 0. The maximum Gasteiger partial charge on any atom is 0.173 e. The van der Waals surface area contributed by atoms with Crippen LogP contribution >= 0.6 is 0 Å². The van der Waals surface area contributed by atoms with Gasteiger partial charge >= 0.3 is 0 Å². The van der Waals surface area contributed by atoms with Crippen LogP contribution in [0.15, 0.2) is 24.3 Å². The van der Waals surface area contributed by atoms with E-state index in [4.69, 9.17) is 4.74 Å². The molecule has 0 radical (unpaired) electrons. The van der Waals surface area contributed by atoms with Gasteiger partial charge in [-0.3, -0.25) is 9.59 Å². The van der Waals surface area contributed by atoms with Crippen molar-refractivity contribution >= 4 is 11.6 Å². The quantitative estimate of drug-likeness (QED) is 0.606. The van der Waals surface area contributed by atoms with Crippen LogP contribution in [0.25, 0.3) is 0 Å². The molecule has 1 aliphatic carbocycles. The molecule has 0 N–H and O–H groups in total. The Hall–Kier alpha value is -1.64. The molecule has 1 saturated carbocycles. The van der Waals surface area contributed by atoms with Crippen LogP contribution in [0.4, 0.5) is 0 Å². The number of Topliss-reactive ketones (excluding diaryl/α,β-unsaturated/α-hetero) is 2. The molecule has 18 heavy (non-hydrogen) atoms.